The van der Waals surface area contributed by atoms with Crippen LogP contribution in [0.4, 0.5) is 0 Å². The van der Waals surface area contributed by atoms with Gasteiger partial charge in [-0.05, 0) is 13.8 Å². The van der Waals surface area contributed by atoms with E-state index in [9.17, 15) is 0 Å². The average molecular weight is 147 g/mol. The van der Waals surface area contributed by atoms with E-state index >= 15 is 0 Å². The first kappa shape index (κ1) is 9.88. The van der Waals surface area contributed by atoms with E-state index in [0.29, 0.717) is 12.6 Å². The van der Waals surface area contributed by atoms with Gasteiger partial charge in [0.15, 0.2) is 0 Å². The van der Waals surface area contributed by atoms with Crippen molar-refractivity contribution >= 4 is 0 Å². The average Bonchev–Trinajstić information content (AvgIpc) is 1.97. The Balaban J connectivity index is 3.00. The van der Waals surface area contributed by atoms with E-state index in [1.165, 1.54) is 0 Å². The van der Waals surface area contributed by atoms with Crippen LogP contribution in [0.25, 0.3) is 0 Å². The van der Waals surface area contributed by atoms with E-state index in [1.807, 2.05) is 13.8 Å². The van der Waals surface area contributed by atoms with E-state index < -0.39 is 0 Å². The highest BCUT2D eigenvalue weighted by Crippen LogP contribution is 1.82. The Bertz CT molecular complexity index is 60.6. The molecule has 0 aromatic rings. The van der Waals surface area contributed by atoms with E-state index in [1.54, 1.807) is 0 Å². The van der Waals surface area contributed by atoms with Crippen molar-refractivity contribution in [2.24, 2.45) is 0 Å². The standard InChI is InChI=1S/C7H17NO2/c1-3-10-6-7(2)8-4-5-9/h7-9H,3-6H2,1-2H3. The van der Waals surface area contributed by atoms with Crippen LogP contribution in [0.3, 0.4) is 0 Å². The zero-order chi connectivity index (χ0) is 7.82. The number of nitrogens with one attached hydrogen (secondary N) is 1. The van der Waals surface area contributed by atoms with E-state index in [4.69, 9.17) is 9.84 Å². The maximum absolute atomic E-state index is 8.44. The Hall–Kier alpha value is -0.120. The van der Waals surface area contributed by atoms with Gasteiger partial charge in [0.1, 0.15) is 0 Å². The SMILES string of the molecule is CCOCC(C)NCCO. The first-order valence-electron chi connectivity index (χ1n) is 3.73. The Kier molecular flexibility index (Phi) is 6.91. The molecule has 0 heterocycles. The van der Waals surface area contributed by atoms with Crippen LogP contribution in [0.15, 0.2) is 0 Å². The molecule has 0 aliphatic heterocycles. The summed E-state index contributed by atoms with van der Waals surface area (Å²) in [5, 5.41) is 11.5. The summed E-state index contributed by atoms with van der Waals surface area (Å²) < 4.78 is 5.15. The minimum atomic E-state index is 0.191. The third-order valence-electron chi connectivity index (χ3n) is 1.18. The lowest BCUT2D eigenvalue weighted by atomic mass is 10.3. The molecule has 0 fully saturated rings. The molecule has 0 aromatic carbocycles. The molecular formula is C7H17NO2. The summed E-state index contributed by atoms with van der Waals surface area (Å²) in [5.74, 6) is 0. The molecule has 0 amide bonds. The van der Waals surface area contributed by atoms with Crippen LogP contribution in [-0.2, 0) is 4.74 Å². The molecule has 3 heteroatoms. The fourth-order valence-electron chi connectivity index (χ4n) is 0.665. The fraction of sp³-hybridized carbons (Fsp3) is 1.00. The Morgan fingerprint density at radius 1 is 1.60 bits per heavy atom. The second-order valence-electron chi connectivity index (χ2n) is 2.24. The maximum Gasteiger partial charge on any atom is 0.0616 e. The van der Waals surface area contributed by atoms with Crippen LogP contribution in [-0.4, -0.2) is 37.5 Å². The first-order valence-corrected chi connectivity index (χ1v) is 3.73. The molecule has 10 heavy (non-hydrogen) atoms. The maximum atomic E-state index is 8.44. The van der Waals surface area contributed by atoms with Gasteiger partial charge in [-0.15, -0.1) is 0 Å². The summed E-state index contributed by atoms with van der Waals surface area (Å²) in [5.41, 5.74) is 0. The lowest BCUT2D eigenvalue weighted by Gasteiger charge is -2.11. The molecule has 2 N–H and O–H groups in total. The Labute approximate surface area is 62.4 Å². The highest BCUT2D eigenvalue weighted by atomic mass is 16.5. The van der Waals surface area contributed by atoms with Crippen molar-refractivity contribution in [2.75, 3.05) is 26.4 Å². The smallest absolute Gasteiger partial charge is 0.0616 e. The summed E-state index contributed by atoms with van der Waals surface area (Å²) in [4.78, 5) is 0. The summed E-state index contributed by atoms with van der Waals surface area (Å²) in [7, 11) is 0. The van der Waals surface area contributed by atoms with E-state index in [2.05, 4.69) is 5.32 Å². The Morgan fingerprint density at radius 2 is 2.30 bits per heavy atom. The first-order chi connectivity index (χ1) is 4.81. The largest absolute Gasteiger partial charge is 0.395 e. The predicted octanol–water partition coefficient (Wildman–Crippen LogP) is -0.00670. The molecule has 0 aliphatic carbocycles. The molecule has 0 spiro atoms. The molecule has 0 aromatic heterocycles. The molecule has 0 saturated carbocycles. The van der Waals surface area contributed by atoms with Crippen LogP contribution >= 0.6 is 0 Å². The van der Waals surface area contributed by atoms with Gasteiger partial charge in [-0.25, -0.2) is 0 Å². The van der Waals surface area contributed by atoms with Crippen molar-refractivity contribution in [3.05, 3.63) is 0 Å². The number of aliphatic hydroxyl groups is 1. The van der Waals surface area contributed by atoms with Crippen molar-refractivity contribution in [1.82, 2.24) is 5.32 Å². The summed E-state index contributed by atoms with van der Waals surface area (Å²) in [6.07, 6.45) is 0. The van der Waals surface area contributed by atoms with Crippen molar-refractivity contribution < 1.29 is 9.84 Å². The van der Waals surface area contributed by atoms with Gasteiger partial charge in [0.2, 0.25) is 0 Å². The van der Waals surface area contributed by atoms with Gasteiger partial charge in [0, 0.05) is 19.2 Å². The van der Waals surface area contributed by atoms with E-state index in [-0.39, 0.29) is 6.61 Å². The minimum absolute atomic E-state index is 0.191. The highest BCUT2D eigenvalue weighted by Gasteiger charge is 1.97. The zero-order valence-electron chi connectivity index (χ0n) is 6.76. The van der Waals surface area contributed by atoms with Crippen LogP contribution in [0.5, 0.6) is 0 Å². The van der Waals surface area contributed by atoms with Gasteiger partial charge in [-0.1, -0.05) is 0 Å². The quantitative estimate of drug-likeness (QED) is 0.555. The van der Waals surface area contributed by atoms with Gasteiger partial charge in [-0.2, -0.15) is 0 Å². The van der Waals surface area contributed by atoms with Crippen LogP contribution in [0.2, 0.25) is 0 Å². The lowest BCUT2D eigenvalue weighted by molar-refractivity contribution is 0.125. The van der Waals surface area contributed by atoms with Crippen molar-refractivity contribution in [3.8, 4) is 0 Å². The molecule has 0 radical (unpaired) electrons. The molecule has 0 rings (SSSR count). The number of rotatable bonds is 6. The Morgan fingerprint density at radius 3 is 2.80 bits per heavy atom. The molecule has 0 bridgehead atoms. The normalized spacial score (nSPS) is 13.5. The number of hydrogen-bond acceptors (Lipinski definition) is 3. The van der Waals surface area contributed by atoms with E-state index in [0.717, 1.165) is 13.2 Å². The topological polar surface area (TPSA) is 41.5 Å². The lowest BCUT2D eigenvalue weighted by Crippen LogP contribution is -2.32. The molecule has 1 atom stereocenters. The molecule has 0 aliphatic rings. The number of ether oxygens (including phenoxy) is 1. The molecule has 3 nitrogen and oxygen atoms in total. The second-order valence-corrected chi connectivity index (χ2v) is 2.24. The third-order valence-corrected chi connectivity index (χ3v) is 1.18. The number of aliphatic hydroxyl groups excluding tert-OH is 1. The summed E-state index contributed by atoms with van der Waals surface area (Å²) in [6.45, 7) is 6.32. The van der Waals surface area contributed by atoms with Gasteiger partial charge in [-0.3, -0.25) is 0 Å². The molecule has 0 saturated heterocycles. The van der Waals surface area contributed by atoms with Crippen molar-refractivity contribution in [2.45, 2.75) is 19.9 Å². The summed E-state index contributed by atoms with van der Waals surface area (Å²) >= 11 is 0. The van der Waals surface area contributed by atoms with Crippen molar-refractivity contribution in [3.63, 3.8) is 0 Å². The monoisotopic (exact) mass is 147 g/mol. The number of hydrogen-bond donors (Lipinski definition) is 2. The van der Waals surface area contributed by atoms with Gasteiger partial charge < -0.3 is 15.2 Å². The molecule has 62 valence electrons. The van der Waals surface area contributed by atoms with Gasteiger partial charge in [0.05, 0.1) is 13.2 Å². The fourth-order valence-corrected chi connectivity index (χ4v) is 0.665. The summed E-state index contributed by atoms with van der Waals surface area (Å²) in [6, 6.07) is 0.340. The van der Waals surface area contributed by atoms with Gasteiger partial charge in [0.25, 0.3) is 0 Å². The van der Waals surface area contributed by atoms with Crippen molar-refractivity contribution in [1.29, 1.82) is 0 Å². The predicted molar refractivity (Wildman–Crippen MR) is 41.0 cm³/mol. The minimum Gasteiger partial charge on any atom is -0.395 e. The van der Waals surface area contributed by atoms with Crippen LogP contribution in [0, 0.1) is 0 Å². The zero-order valence-corrected chi connectivity index (χ0v) is 6.76. The molecular weight excluding hydrogens is 130 g/mol. The van der Waals surface area contributed by atoms with Gasteiger partial charge >= 0.3 is 0 Å². The highest BCUT2D eigenvalue weighted by molar-refractivity contribution is 4.57. The second kappa shape index (κ2) is 6.99. The third kappa shape index (κ3) is 6.01. The molecule has 1 unspecified atom stereocenters. The van der Waals surface area contributed by atoms with Crippen LogP contribution in [0.1, 0.15) is 13.8 Å². The van der Waals surface area contributed by atoms with Crippen LogP contribution < -0.4 is 5.32 Å².